The Balaban J connectivity index is 1.65. The molecule has 1 amide bonds. The van der Waals surface area contributed by atoms with Crippen LogP contribution in [-0.4, -0.2) is 35.0 Å². The Morgan fingerprint density at radius 3 is 3.09 bits per heavy atom. The van der Waals surface area contributed by atoms with E-state index in [1.54, 1.807) is 17.2 Å². The van der Waals surface area contributed by atoms with Crippen molar-refractivity contribution in [2.75, 3.05) is 18.0 Å². The Hall–Kier alpha value is -2.70. The molecule has 0 saturated carbocycles. The first-order valence-corrected chi connectivity index (χ1v) is 6.98. The van der Waals surface area contributed by atoms with E-state index in [2.05, 4.69) is 15.3 Å². The summed E-state index contributed by atoms with van der Waals surface area (Å²) >= 11 is 0. The predicted octanol–water partition coefficient (Wildman–Crippen LogP) is 0.918. The van der Waals surface area contributed by atoms with Crippen LogP contribution in [0.5, 0.6) is 0 Å². The maximum atomic E-state index is 13.7. The Morgan fingerprint density at radius 1 is 1.45 bits per heavy atom. The first-order chi connectivity index (χ1) is 10.6. The molecule has 1 atom stereocenters. The summed E-state index contributed by atoms with van der Waals surface area (Å²) in [4.78, 5) is 31.9. The number of aromatic amines is 1. The summed E-state index contributed by atoms with van der Waals surface area (Å²) in [5, 5.41) is 2.84. The molecule has 0 aliphatic carbocycles. The summed E-state index contributed by atoms with van der Waals surface area (Å²) < 4.78 is 13.7. The van der Waals surface area contributed by atoms with Crippen LogP contribution in [-0.2, 0) is 0 Å². The fourth-order valence-electron chi connectivity index (χ4n) is 2.52. The highest BCUT2D eigenvalue weighted by molar-refractivity contribution is 5.92. The van der Waals surface area contributed by atoms with Gasteiger partial charge >= 0.3 is 0 Å². The summed E-state index contributed by atoms with van der Waals surface area (Å²) in [7, 11) is 0. The largest absolute Gasteiger partial charge is 0.357 e. The van der Waals surface area contributed by atoms with Crippen LogP contribution in [0.1, 0.15) is 16.9 Å². The molecule has 3 heterocycles. The maximum Gasteiger partial charge on any atom is 0.268 e. The normalized spacial score (nSPS) is 17.5. The van der Waals surface area contributed by atoms with Gasteiger partial charge in [-0.2, -0.15) is 0 Å². The van der Waals surface area contributed by atoms with E-state index in [-0.39, 0.29) is 28.9 Å². The first-order valence-electron chi connectivity index (χ1n) is 6.98. The Morgan fingerprint density at radius 2 is 2.32 bits per heavy atom. The average Bonchev–Trinajstić information content (AvgIpc) is 2.96. The van der Waals surface area contributed by atoms with Crippen LogP contribution in [0.4, 0.5) is 10.2 Å². The van der Waals surface area contributed by atoms with Gasteiger partial charge in [0, 0.05) is 43.7 Å². The van der Waals surface area contributed by atoms with Gasteiger partial charge in [0.15, 0.2) is 17.1 Å². The third-order valence-electron chi connectivity index (χ3n) is 3.58. The monoisotopic (exact) mass is 302 g/mol. The number of hydrogen-bond donors (Lipinski definition) is 2. The summed E-state index contributed by atoms with van der Waals surface area (Å²) in [6, 6.07) is 5.39. The number of pyridine rings is 2. The van der Waals surface area contributed by atoms with Crippen molar-refractivity contribution < 1.29 is 9.18 Å². The van der Waals surface area contributed by atoms with E-state index in [4.69, 9.17) is 0 Å². The Labute approximate surface area is 126 Å². The van der Waals surface area contributed by atoms with Gasteiger partial charge in [-0.25, -0.2) is 9.37 Å². The van der Waals surface area contributed by atoms with Gasteiger partial charge in [-0.05, 0) is 18.6 Å². The zero-order valence-corrected chi connectivity index (χ0v) is 11.8. The number of amides is 1. The van der Waals surface area contributed by atoms with E-state index < -0.39 is 0 Å². The van der Waals surface area contributed by atoms with Crippen LogP contribution < -0.4 is 15.6 Å². The minimum atomic E-state index is -0.373. The predicted molar refractivity (Wildman–Crippen MR) is 79.3 cm³/mol. The zero-order chi connectivity index (χ0) is 15.5. The number of anilines is 1. The van der Waals surface area contributed by atoms with E-state index >= 15 is 0 Å². The molecule has 1 aliphatic rings. The van der Waals surface area contributed by atoms with Crippen molar-refractivity contribution >= 4 is 11.7 Å². The second-order valence-electron chi connectivity index (χ2n) is 5.15. The molecule has 114 valence electrons. The summed E-state index contributed by atoms with van der Waals surface area (Å²) in [5.74, 6) is -0.416. The van der Waals surface area contributed by atoms with E-state index in [1.165, 1.54) is 24.4 Å². The van der Waals surface area contributed by atoms with Crippen LogP contribution in [0.25, 0.3) is 0 Å². The first kappa shape index (κ1) is 14.2. The molecule has 0 spiro atoms. The molecule has 1 aliphatic heterocycles. The number of aromatic nitrogens is 2. The number of H-pyrrole nitrogens is 1. The minimum absolute atomic E-state index is 0.113. The van der Waals surface area contributed by atoms with Crippen LogP contribution in [0.2, 0.25) is 0 Å². The molecule has 1 fully saturated rings. The second kappa shape index (κ2) is 5.97. The van der Waals surface area contributed by atoms with Gasteiger partial charge in [-0.1, -0.05) is 0 Å². The van der Waals surface area contributed by atoms with Gasteiger partial charge in [-0.3, -0.25) is 9.59 Å². The highest BCUT2D eigenvalue weighted by Crippen LogP contribution is 2.20. The van der Waals surface area contributed by atoms with E-state index in [0.29, 0.717) is 25.3 Å². The lowest BCUT2D eigenvalue weighted by atomic mass is 10.2. The van der Waals surface area contributed by atoms with Gasteiger partial charge < -0.3 is 15.2 Å². The topological polar surface area (TPSA) is 78.1 Å². The highest BCUT2D eigenvalue weighted by Gasteiger charge is 2.26. The smallest absolute Gasteiger partial charge is 0.268 e. The second-order valence-corrected chi connectivity index (χ2v) is 5.15. The minimum Gasteiger partial charge on any atom is -0.357 e. The van der Waals surface area contributed by atoms with Crippen molar-refractivity contribution in [2.45, 2.75) is 12.5 Å². The number of carbonyl (C=O) groups is 1. The lowest BCUT2D eigenvalue weighted by molar-refractivity contribution is 0.0935. The molecule has 6 nitrogen and oxygen atoms in total. The van der Waals surface area contributed by atoms with Crippen LogP contribution >= 0.6 is 0 Å². The van der Waals surface area contributed by atoms with Gasteiger partial charge in [0.05, 0.1) is 0 Å². The molecule has 0 aromatic carbocycles. The molecule has 1 saturated heterocycles. The van der Waals surface area contributed by atoms with Gasteiger partial charge in [0.25, 0.3) is 5.91 Å². The van der Waals surface area contributed by atoms with Gasteiger partial charge in [-0.15, -0.1) is 0 Å². The number of rotatable bonds is 3. The van der Waals surface area contributed by atoms with E-state index in [0.717, 1.165) is 0 Å². The molecule has 2 N–H and O–H groups in total. The Bertz CT molecular complexity index is 746. The summed E-state index contributed by atoms with van der Waals surface area (Å²) in [6.45, 7) is 1.10. The fourth-order valence-corrected chi connectivity index (χ4v) is 2.52. The maximum absolute atomic E-state index is 13.7. The highest BCUT2D eigenvalue weighted by atomic mass is 19.1. The molecule has 2 aromatic rings. The summed E-state index contributed by atoms with van der Waals surface area (Å²) in [6.07, 6.45) is 3.67. The van der Waals surface area contributed by atoms with Gasteiger partial charge in [0.1, 0.15) is 5.69 Å². The fraction of sp³-hybridized carbons (Fsp3) is 0.267. The van der Waals surface area contributed by atoms with E-state index in [1.807, 2.05) is 0 Å². The molecular formula is C15H15FN4O2. The van der Waals surface area contributed by atoms with Crippen LogP contribution in [0, 0.1) is 5.82 Å². The lowest BCUT2D eigenvalue weighted by Gasteiger charge is -2.18. The average molecular weight is 302 g/mol. The number of carbonyl (C=O) groups excluding carboxylic acids is 1. The SMILES string of the molecule is O=C(NC1CCN(c2ncccc2F)C1)c1cc(=O)cc[nH]1. The number of nitrogens with zero attached hydrogens (tertiary/aromatic N) is 2. The van der Waals surface area contributed by atoms with E-state index in [9.17, 15) is 14.0 Å². The van der Waals surface area contributed by atoms with Crippen LogP contribution in [0.3, 0.4) is 0 Å². The molecule has 1 unspecified atom stereocenters. The van der Waals surface area contributed by atoms with Crippen molar-refractivity contribution in [3.63, 3.8) is 0 Å². The standard InChI is InChI=1S/C15H15FN4O2/c16-12-2-1-5-18-14(12)20-7-4-10(9-20)19-15(22)13-8-11(21)3-6-17-13/h1-3,5-6,8,10H,4,7,9H2,(H,17,21)(H,19,22). The molecule has 22 heavy (non-hydrogen) atoms. The van der Waals surface area contributed by atoms with Crippen molar-refractivity contribution in [2.24, 2.45) is 0 Å². The molecule has 2 aromatic heterocycles. The lowest BCUT2D eigenvalue weighted by Crippen LogP contribution is -2.38. The third-order valence-corrected chi connectivity index (χ3v) is 3.58. The van der Waals surface area contributed by atoms with Crippen molar-refractivity contribution in [3.8, 4) is 0 Å². The third kappa shape index (κ3) is 2.98. The number of hydrogen-bond acceptors (Lipinski definition) is 4. The van der Waals surface area contributed by atoms with Crippen LogP contribution in [0.15, 0.2) is 41.5 Å². The zero-order valence-electron chi connectivity index (χ0n) is 11.8. The summed E-state index contributed by atoms with van der Waals surface area (Å²) in [5.41, 5.74) is -0.0116. The molecule has 3 rings (SSSR count). The van der Waals surface area contributed by atoms with Crippen molar-refractivity contribution in [1.29, 1.82) is 0 Å². The number of halogens is 1. The molecular weight excluding hydrogens is 287 g/mol. The van der Waals surface area contributed by atoms with Crippen molar-refractivity contribution in [3.05, 3.63) is 58.4 Å². The number of nitrogens with one attached hydrogen (secondary N) is 2. The molecule has 0 bridgehead atoms. The molecule has 0 radical (unpaired) electrons. The van der Waals surface area contributed by atoms with Gasteiger partial charge in [0.2, 0.25) is 0 Å². The molecule has 7 heteroatoms. The quantitative estimate of drug-likeness (QED) is 0.883. The van der Waals surface area contributed by atoms with Crippen molar-refractivity contribution in [1.82, 2.24) is 15.3 Å². The Kier molecular flexibility index (Phi) is 3.86.